The topological polar surface area (TPSA) is 69.0 Å². The average molecular weight is 419 g/mol. The van der Waals surface area contributed by atoms with E-state index in [-0.39, 0.29) is 5.82 Å². The van der Waals surface area contributed by atoms with Gasteiger partial charge in [-0.15, -0.1) is 5.10 Å². The fourth-order valence-electron chi connectivity index (χ4n) is 3.01. The summed E-state index contributed by atoms with van der Waals surface area (Å²) in [6, 6.07) is 22.3. The minimum Gasteiger partial charge on any atom is -0.497 e. The van der Waals surface area contributed by atoms with Crippen LogP contribution in [0.2, 0.25) is 5.02 Å². The molecule has 0 aliphatic rings. The second-order valence-corrected chi connectivity index (χ2v) is 7.01. The third kappa shape index (κ3) is 3.90. The highest BCUT2D eigenvalue weighted by Crippen LogP contribution is 2.25. The normalized spacial score (nSPS) is 10.6. The van der Waals surface area contributed by atoms with Crippen molar-refractivity contribution in [2.75, 3.05) is 12.4 Å². The van der Waals surface area contributed by atoms with E-state index in [4.69, 9.17) is 16.3 Å². The van der Waals surface area contributed by atoms with Crippen LogP contribution in [-0.2, 0) is 0 Å². The van der Waals surface area contributed by atoms with Crippen LogP contribution in [-0.4, -0.2) is 27.8 Å². The Morgan fingerprint density at radius 2 is 1.73 bits per heavy atom. The zero-order chi connectivity index (χ0) is 21.1. The number of carbonyl (C=O) groups is 1. The van der Waals surface area contributed by atoms with Crippen molar-refractivity contribution in [2.45, 2.75) is 6.92 Å². The maximum atomic E-state index is 12.9. The van der Waals surface area contributed by atoms with Gasteiger partial charge in [0.2, 0.25) is 5.82 Å². The van der Waals surface area contributed by atoms with Gasteiger partial charge in [-0.05, 0) is 61.0 Å². The molecule has 7 heteroatoms. The van der Waals surface area contributed by atoms with Crippen LogP contribution in [0.1, 0.15) is 16.2 Å². The molecule has 1 aromatic heterocycles. The quantitative estimate of drug-likeness (QED) is 0.486. The molecule has 0 unspecified atom stereocenters. The summed E-state index contributed by atoms with van der Waals surface area (Å²) in [7, 11) is 1.61. The summed E-state index contributed by atoms with van der Waals surface area (Å²) in [6.45, 7) is 1.84. The third-order valence-corrected chi connectivity index (χ3v) is 5.08. The Kier molecular flexibility index (Phi) is 5.50. The summed E-state index contributed by atoms with van der Waals surface area (Å²) in [5.41, 5.74) is 3.01. The molecule has 0 aliphatic heterocycles. The van der Waals surface area contributed by atoms with Crippen LogP contribution in [0.15, 0.2) is 72.8 Å². The number of nitrogens with one attached hydrogen (secondary N) is 1. The molecule has 1 N–H and O–H groups in total. The fourth-order valence-corrected chi connectivity index (χ4v) is 3.18. The summed E-state index contributed by atoms with van der Waals surface area (Å²) >= 11 is 6.16. The number of anilines is 1. The van der Waals surface area contributed by atoms with Crippen molar-refractivity contribution in [3.8, 4) is 22.8 Å². The zero-order valence-electron chi connectivity index (χ0n) is 16.5. The van der Waals surface area contributed by atoms with Crippen molar-refractivity contribution >= 4 is 23.2 Å². The summed E-state index contributed by atoms with van der Waals surface area (Å²) < 4.78 is 6.89. The number of hydrogen-bond donors (Lipinski definition) is 1. The van der Waals surface area contributed by atoms with Gasteiger partial charge < -0.3 is 10.1 Å². The summed E-state index contributed by atoms with van der Waals surface area (Å²) in [5, 5.41) is 7.90. The molecule has 0 fully saturated rings. The predicted molar refractivity (Wildman–Crippen MR) is 117 cm³/mol. The van der Waals surface area contributed by atoms with E-state index < -0.39 is 5.91 Å². The first-order chi connectivity index (χ1) is 14.6. The maximum Gasteiger partial charge on any atom is 0.295 e. The molecule has 0 aliphatic carbocycles. The van der Waals surface area contributed by atoms with Crippen LogP contribution in [0, 0.1) is 6.92 Å². The van der Waals surface area contributed by atoms with Gasteiger partial charge in [0.05, 0.1) is 12.8 Å². The van der Waals surface area contributed by atoms with Crippen molar-refractivity contribution in [2.24, 2.45) is 0 Å². The number of para-hydroxylation sites is 1. The standard InChI is InChI=1S/C23H19ClN4O2/c1-15-19(24)9-6-10-20(15)25-23(29)21-26-22(16-11-13-18(30-2)14-12-16)28(27-21)17-7-4-3-5-8-17/h3-14H,1-2H3,(H,25,29). The number of ether oxygens (including phenoxy) is 1. The molecule has 0 atom stereocenters. The maximum absolute atomic E-state index is 12.9. The summed E-state index contributed by atoms with van der Waals surface area (Å²) in [6.07, 6.45) is 0. The lowest BCUT2D eigenvalue weighted by Crippen LogP contribution is -2.15. The van der Waals surface area contributed by atoms with Gasteiger partial charge in [0, 0.05) is 16.3 Å². The highest BCUT2D eigenvalue weighted by Gasteiger charge is 2.19. The SMILES string of the molecule is COc1ccc(-c2nc(C(=O)Nc3cccc(Cl)c3C)nn2-c2ccccc2)cc1. The minimum absolute atomic E-state index is 0.0593. The Morgan fingerprint density at radius 1 is 1.00 bits per heavy atom. The summed E-state index contributed by atoms with van der Waals surface area (Å²) in [5.74, 6) is 0.935. The van der Waals surface area contributed by atoms with E-state index in [1.807, 2.05) is 61.5 Å². The highest BCUT2D eigenvalue weighted by molar-refractivity contribution is 6.31. The molecule has 0 radical (unpaired) electrons. The molecular weight excluding hydrogens is 400 g/mol. The molecule has 0 spiro atoms. The number of rotatable bonds is 5. The second kappa shape index (κ2) is 8.39. The monoisotopic (exact) mass is 418 g/mol. The largest absolute Gasteiger partial charge is 0.497 e. The molecule has 0 saturated heterocycles. The van der Waals surface area contributed by atoms with Crippen molar-refractivity contribution in [1.29, 1.82) is 0 Å². The molecule has 1 amide bonds. The van der Waals surface area contributed by atoms with Gasteiger partial charge in [0.1, 0.15) is 5.75 Å². The lowest BCUT2D eigenvalue weighted by atomic mass is 10.2. The van der Waals surface area contributed by atoms with E-state index >= 15 is 0 Å². The number of amides is 1. The first-order valence-corrected chi connectivity index (χ1v) is 9.68. The molecule has 30 heavy (non-hydrogen) atoms. The van der Waals surface area contributed by atoms with Crippen LogP contribution >= 0.6 is 11.6 Å². The van der Waals surface area contributed by atoms with Crippen molar-refractivity contribution in [3.05, 3.63) is 89.2 Å². The van der Waals surface area contributed by atoms with E-state index in [1.54, 1.807) is 30.0 Å². The Labute approximate surface area is 179 Å². The van der Waals surface area contributed by atoms with E-state index in [9.17, 15) is 4.79 Å². The predicted octanol–water partition coefficient (Wildman–Crippen LogP) is 5.16. The van der Waals surface area contributed by atoms with Crippen molar-refractivity contribution < 1.29 is 9.53 Å². The molecule has 150 valence electrons. The first-order valence-electron chi connectivity index (χ1n) is 9.30. The van der Waals surface area contributed by atoms with Gasteiger partial charge >= 0.3 is 0 Å². The number of halogens is 1. The molecule has 1 heterocycles. The number of aromatic nitrogens is 3. The summed E-state index contributed by atoms with van der Waals surface area (Å²) in [4.78, 5) is 17.4. The van der Waals surface area contributed by atoms with E-state index in [0.29, 0.717) is 16.5 Å². The van der Waals surface area contributed by atoms with E-state index in [0.717, 1.165) is 22.6 Å². The first kappa shape index (κ1) is 19.7. The molecule has 0 bridgehead atoms. The Morgan fingerprint density at radius 3 is 2.43 bits per heavy atom. The number of methoxy groups -OCH3 is 1. The van der Waals surface area contributed by atoms with Gasteiger partial charge in [-0.3, -0.25) is 4.79 Å². The van der Waals surface area contributed by atoms with Gasteiger partial charge in [-0.2, -0.15) is 0 Å². The lowest BCUT2D eigenvalue weighted by Gasteiger charge is -2.07. The van der Waals surface area contributed by atoms with Crippen LogP contribution < -0.4 is 10.1 Å². The molecule has 6 nitrogen and oxygen atoms in total. The van der Waals surface area contributed by atoms with Gasteiger partial charge in [0.15, 0.2) is 5.82 Å². The molecule has 4 rings (SSSR count). The Balaban J connectivity index is 1.74. The van der Waals surface area contributed by atoms with E-state index in [2.05, 4.69) is 15.4 Å². The zero-order valence-corrected chi connectivity index (χ0v) is 17.2. The highest BCUT2D eigenvalue weighted by atomic mass is 35.5. The molecule has 4 aromatic rings. The van der Waals surface area contributed by atoms with Gasteiger partial charge in [-0.1, -0.05) is 35.9 Å². The lowest BCUT2D eigenvalue weighted by molar-refractivity contribution is 0.101. The average Bonchev–Trinajstić information content (AvgIpc) is 3.23. The fraction of sp³-hybridized carbons (Fsp3) is 0.0870. The van der Waals surface area contributed by atoms with Crippen LogP contribution in [0.3, 0.4) is 0 Å². The van der Waals surface area contributed by atoms with Crippen LogP contribution in [0.5, 0.6) is 5.75 Å². The smallest absolute Gasteiger partial charge is 0.295 e. The Hall–Kier alpha value is -3.64. The number of hydrogen-bond acceptors (Lipinski definition) is 4. The van der Waals surface area contributed by atoms with E-state index in [1.165, 1.54) is 0 Å². The van der Waals surface area contributed by atoms with Crippen molar-refractivity contribution in [1.82, 2.24) is 14.8 Å². The van der Waals surface area contributed by atoms with Crippen LogP contribution in [0.4, 0.5) is 5.69 Å². The third-order valence-electron chi connectivity index (χ3n) is 4.68. The van der Waals surface area contributed by atoms with Gasteiger partial charge in [-0.25, -0.2) is 9.67 Å². The molecule has 0 saturated carbocycles. The number of benzene rings is 3. The number of nitrogens with zero attached hydrogens (tertiary/aromatic N) is 3. The second-order valence-electron chi connectivity index (χ2n) is 6.60. The Bertz CT molecular complexity index is 1190. The molecular formula is C23H19ClN4O2. The van der Waals surface area contributed by atoms with Crippen molar-refractivity contribution in [3.63, 3.8) is 0 Å². The van der Waals surface area contributed by atoms with Gasteiger partial charge in [0.25, 0.3) is 5.91 Å². The minimum atomic E-state index is -0.412. The molecule has 3 aromatic carbocycles. The van der Waals surface area contributed by atoms with Crippen LogP contribution in [0.25, 0.3) is 17.1 Å². The number of carbonyl (C=O) groups excluding carboxylic acids is 1.